The van der Waals surface area contributed by atoms with E-state index in [1.165, 1.54) is 12.2 Å². The lowest BCUT2D eigenvalue weighted by atomic mass is 10.3. The number of aromatic nitrogens is 2. The number of anilines is 1. The van der Waals surface area contributed by atoms with Gasteiger partial charge < -0.3 is 5.32 Å². The largest absolute Gasteiger partial charge is 0.383 e. The summed E-state index contributed by atoms with van der Waals surface area (Å²) >= 11 is 5.06. The van der Waals surface area contributed by atoms with Crippen LogP contribution in [-0.2, 0) is 0 Å². The van der Waals surface area contributed by atoms with Gasteiger partial charge in [-0.25, -0.2) is 5.10 Å². The van der Waals surface area contributed by atoms with Crippen molar-refractivity contribution in [1.29, 1.82) is 0 Å². The van der Waals surface area contributed by atoms with Crippen molar-refractivity contribution in [3.63, 3.8) is 0 Å². The Labute approximate surface area is 101 Å². The third-order valence-corrected chi connectivity index (χ3v) is 3.37. The van der Waals surface area contributed by atoms with Crippen LogP contribution in [0.2, 0.25) is 0 Å². The molecule has 1 heterocycles. The van der Waals surface area contributed by atoms with Gasteiger partial charge in [0.05, 0.1) is 11.9 Å². The third kappa shape index (κ3) is 4.25. The Hall–Kier alpha value is -0.490. The molecule has 1 rings (SSSR count). The summed E-state index contributed by atoms with van der Waals surface area (Å²) in [6, 6.07) is 0. The second-order valence-electron chi connectivity index (χ2n) is 3.05. The maximum atomic E-state index is 11.2. The highest BCUT2D eigenvalue weighted by molar-refractivity contribution is 9.10. The quantitative estimate of drug-likeness (QED) is 0.788. The van der Waals surface area contributed by atoms with Crippen LogP contribution in [0, 0.1) is 0 Å². The number of nitrogens with one attached hydrogen (secondary N) is 2. The molecule has 0 amide bonds. The number of H-pyrrole nitrogens is 1. The zero-order valence-electron chi connectivity index (χ0n) is 8.55. The SMILES string of the molecule is CSCCCCNc1cn[nH]c(=O)c1Br. The second kappa shape index (κ2) is 6.90. The van der Waals surface area contributed by atoms with E-state index in [0.29, 0.717) is 4.47 Å². The Bertz CT molecular complexity index is 355. The molecular formula is C9H14BrN3OS. The monoisotopic (exact) mass is 291 g/mol. The lowest BCUT2D eigenvalue weighted by Gasteiger charge is -2.06. The summed E-state index contributed by atoms with van der Waals surface area (Å²) in [4.78, 5) is 11.2. The summed E-state index contributed by atoms with van der Waals surface area (Å²) in [5, 5.41) is 9.25. The topological polar surface area (TPSA) is 57.8 Å². The van der Waals surface area contributed by atoms with Gasteiger partial charge in [-0.1, -0.05) is 0 Å². The first kappa shape index (κ1) is 12.6. The van der Waals surface area contributed by atoms with Crippen LogP contribution in [0.3, 0.4) is 0 Å². The number of nitrogens with zero attached hydrogens (tertiary/aromatic N) is 1. The fraction of sp³-hybridized carbons (Fsp3) is 0.556. The van der Waals surface area contributed by atoms with E-state index in [-0.39, 0.29) is 5.56 Å². The van der Waals surface area contributed by atoms with E-state index in [2.05, 4.69) is 37.7 Å². The number of hydrogen-bond acceptors (Lipinski definition) is 4. The van der Waals surface area contributed by atoms with Gasteiger partial charge >= 0.3 is 0 Å². The zero-order chi connectivity index (χ0) is 11.1. The minimum Gasteiger partial charge on any atom is -0.383 e. The van der Waals surface area contributed by atoms with Crippen LogP contribution >= 0.6 is 27.7 Å². The molecule has 0 radical (unpaired) electrons. The van der Waals surface area contributed by atoms with Gasteiger partial charge in [0, 0.05) is 6.54 Å². The van der Waals surface area contributed by atoms with E-state index >= 15 is 0 Å². The maximum Gasteiger partial charge on any atom is 0.280 e. The minimum atomic E-state index is -0.205. The number of rotatable bonds is 6. The molecule has 0 aliphatic heterocycles. The maximum absolute atomic E-state index is 11.2. The summed E-state index contributed by atoms with van der Waals surface area (Å²) in [6.07, 6.45) is 5.99. The average Bonchev–Trinajstić information content (AvgIpc) is 2.24. The molecule has 0 aliphatic carbocycles. The van der Waals surface area contributed by atoms with E-state index in [4.69, 9.17) is 0 Å². The van der Waals surface area contributed by atoms with Crippen molar-refractivity contribution in [1.82, 2.24) is 10.2 Å². The molecule has 0 aromatic carbocycles. The van der Waals surface area contributed by atoms with Crippen LogP contribution in [0.25, 0.3) is 0 Å². The van der Waals surface area contributed by atoms with Crippen molar-refractivity contribution < 1.29 is 0 Å². The van der Waals surface area contributed by atoms with Crippen molar-refractivity contribution in [2.45, 2.75) is 12.8 Å². The molecule has 2 N–H and O–H groups in total. The van der Waals surface area contributed by atoms with Crippen LogP contribution in [0.4, 0.5) is 5.69 Å². The lowest BCUT2D eigenvalue weighted by molar-refractivity contribution is 0.839. The highest BCUT2D eigenvalue weighted by atomic mass is 79.9. The first-order valence-electron chi connectivity index (χ1n) is 4.71. The Morgan fingerprint density at radius 1 is 1.60 bits per heavy atom. The van der Waals surface area contributed by atoms with Crippen LogP contribution in [0.1, 0.15) is 12.8 Å². The standard InChI is InChI=1S/C9H14BrN3OS/c1-15-5-3-2-4-11-7-6-12-13-9(14)8(7)10/h6H,2-5H2,1H3,(H2,11,13,14). The van der Waals surface area contributed by atoms with Crippen molar-refractivity contribution >= 4 is 33.4 Å². The Morgan fingerprint density at radius 2 is 2.40 bits per heavy atom. The predicted octanol–water partition coefficient (Wildman–Crippen LogP) is 2.09. The van der Waals surface area contributed by atoms with E-state index in [9.17, 15) is 4.79 Å². The van der Waals surface area contributed by atoms with E-state index in [1.54, 1.807) is 6.20 Å². The number of hydrogen-bond donors (Lipinski definition) is 2. The molecule has 15 heavy (non-hydrogen) atoms. The molecule has 0 bridgehead atoms. The van der Waals surface area contributed by atoms with Crippen LogP contribution in [0.5, 0.6) is 0 Å². The highest BCUT2D eigenvalue weighted by Gasteiger charge is 2.02. The van der Waals surface area contributed by atoms with Gasteiger partial charge in [-0.3, -0.25) is 4.79 Å². The fourth-order valence-electron chi connectivity index (χ4n) is 1.10. The molecule has 0 aliphatic rings. The minimum absolute atomic E-state index is 0.205. The van der Waals surface area contributed by atoms with Gasteiger partial charge in [-0.15, -0.1) is 0 Å². The predicted molar refractivity (Wildman–Crippen MR) is 68.7 cm³/mol. The molecule has 84 valence electrons. The number of unbranched alkanes of at least 4 members (excludes halogenated alkanes) is 1. The smallest absolute Gasteiger partial charge is 0.280 e. The Kier molecular flexibility index (Phi) is 5.78. The van der Waals surface area contributed by atoms with Crippen molar-refractivity contribution in [2.24, 2.45) is 0 Å². The summed E-state index contributed by atoms with van der Waals surface area (Å²) in [7, 11) is 0. The number of halogens is 1. The second-order valence-corrected chi connectivity index (χ2v) is 4.83. The first-order chi connectivity index (χ1) is 7.25. The Morgan fingerprint density at radius 3 is 3.13 bits per heavy atom. The van der Waals surface area contributed by atoms with Crippen molar-refractivity contribution in [3.05, 3.63) is 21.0 Å². The Balaban J connectivity index is 2.38. The van der Waals surface area contributed by atoms with Crippen LogP contribution < -0.4 is 10.9 Å². The molecule has 0 atom stereocenters. The summed E-state index contributed by atoms with van der Waals surface area (Å²) in [5.41, 5.74) is 0.548. The molecule has 4 nitrogen and oxygen atoms in total. The fourth-order valence-corrected chi connectivity index (χ4v) is 1.93. The van der Waals surface area contributed by atoms with Gasteiger partial charge in [-0.2, -0.15) is 16.9 Å². The third-order valence-electron chi connectivity index (χ3n) is 1.89. The zero-order valence-corrected chi connectivity index (χ0v) is 10.9. The van der Waals surface area contributed by atoms with Gasteiger partial charge in [0.1, 0.15) is 4.47 Å². The number of thioether (sulfide) groups is 1. The first-order valence-corrected chi connectivity index (χ1v) is 6.90. The average molecular weight is 292 g/mol. The molecule has 6 heteroatoms. The molecule has 0 fully saturated rings. The van der Waals surface area contributed by atoms with E-state index < -0.39 is 0 Å². The van der Waals surface area contributed by atoms with Crippen molar-refractivity contribution in [2.75, 3.05) is 23.9 Å². The van der Waals surface area contributed by atoms with Crippen molar-refractivity contribution in [3.8, 4) is 0 Å². The number of aromatic amines is 1. The normalized spacial score (nSPS) is 10.3. The molecule has 0 saturated carbocycles. The van der Waals surface area contributed by atoms with Gasteiger partial charge in [-0.05, 0) is 40.8 Å². The molecule has 0 unspecified atom stereocenters. The van der Waals surface area contributed by atoms with Gasteiger partial charge in [0.15, 0.2) is 0 Å². The van der Waals surface area contributed by atoms with Gasteiger partial charge in [0.25, 0.3) is 5.56 Å². The highest BCUT2D eigenvalue weighted by Crippen LogP contribution is 2.15. The molecule has 0 spiro atoms. The molecule has 0 saturated heterocycles. The van der Waals surface area contributed by atoms with E-state index in [0.717, 1.165) is 18.7 Å². The van der Waals surface area contributed by atoms with Gasteiger partial charge in [0.2, 0.25) is 0 Å². The van der Waals surface area contributed by atoms with E-state index in [1.807, 2.05) is 11.8 Å². The molecule has 1 aromatic rings. The molecular weight excluding hydrogens is 278 g/mol. The lowest BCUT2D eigenvalue weighted by Crippen LogP contribution is -2.12. The summed E-state index contributed by atoms with van der Waals surface area (Å²) in [6.45, 7) is 0.865. The van der Waals surface area contributed by atoms with Crippen LogP contribution in [-0.4, -0.2) is 28.8 Å². The summed E-state index contributed by atoms with van der Waals surface area (Å²) in [5.74, 6) is 1.18. The summed E-state index contributed by atoms with van der Waals surface area (Å²) < 4.78 is 0.516. The van der Waals surface area contributed by atoms with Crippen LogP contribution in [0.15, 0.2) is 15.5 Å². The molecule has 1 aromatic heterocycles.